The number of hydrogen-bond donors (Lipinski definition) is 2. The summed E-state index contributed by atoms with van der Waals surface area (Å²) in [5, 5.41) is 20.0. The average Bonchev–Trinajstić information content (AvgIpc) is 3.55. The van der Waals surface area contributed by atoms with Crippen molar-refractivity contribution < 1.29 is 19.5 Å². The molecule has 9 heteroatoms. The molecule has 6 rings (SSSR count). The van der Waals surface area contributed by atoms with Crippen LogP contribution in [0.2, 0.25) is 0 Å². The van der Waals surface area contributed by atoms with E-state index < -0.39 is 0 Å². The van der Waals surface area contributed by atoms with E-state index in [2.05, 4.69) is 25.2 Å². The molecule has 2 heterocycles. The third-order valence-electron chi connectivity index (χ3n) is 9.95. The number of aromatic nitrogens is 2. The summed E-state index contributed by atoms with van der Waals surface area (Å²) in [6.45, 7) is 7.78. The fourth-order valence-corrected chi connectivity index (χ4v) is 7.09. The second-order valence-corrected chi connectivity index (χ2v) is 13.8. The lowest BCUT2D eigenvalue weighted by Crippen LogP contribution is -2.45. The van der Waals surface area contributed by atoms with Crippen molar-refractivity contribution in [3.05, 3.63) is 125 Å². The zero-order valence-electron chi connectivity index (χ0n) is 30.5. The van der Waals surface area contributed by atoms with Gasteiger partial charge in [-0.05, 0) is 84.3 Å². The number of fused-ring (bicyclic) bond motifs is 2. The van der Waals surface area contributed by atoms with Crippen LogP contribution in [0.1, 0.15) is 89.2 Å². The van der Waals surface area contributed by atoms with E-state index in [1.807, 2.05) is 77.4 Å². The van der Waals surface area contributed by atoms with E-state index in [4.69, 9.17) is 5.10 Å². The molecule has 9 nitrogen and oxygen atoms in total. The van der Waals surface area contributed by atoms with Crippen LogP contribution in [0.15, 0.2) is 91.0 Å². The highest BCUT2D eigenvalue weighted by atomic mass is 16.3. The molecule has 3 amide bonds. The SMILES string of the molecule is CCCCN(CCCC)C(=O)c1cc(C)n(-c2ccc(NC(=O)Cc3ccc4ccccc4c3)cc2C(=O)N2Cc3ccccc3CC2CCO)n1. The Morgan fingerprint density at radius 1 is 0.865 bits per heavy atom. The van der Waals surface area contributed by atoms with Gasteiger partial charge in [-0.1, -0.05) is 93.4 Å². The maximum absolute atomic E-state index is 14.8. The number of rotatable bonds is 14. The Labute approximate surface area is 306 Å². The Kier molecular flexibility index (Phi) is 11.8. The van der Waals surface area contributed by atoms with Crippen LogP contribution in [0.5, 0.6) is 0 Å². The third-order valence-corrected chi connectivity index (χ3v) is 9.95. The minimum atomic E-state index is -0.233. The first-order chi connectivity index (χ1) is 25.3. The van der Waals surface area contributed by atoms with E-state index in [1.54, 1.807) is 28.9 Å². The molecule has 1 aromatic heterocycles. The van der Waals surface area contributed by atoms with Crippen LogP contribution in [0.25, 0.3) is 16.5 Å². The first kappa shape index (κ1) is 36.5. The van der Waals surface area contributed by atoms with Crippen molar-refractivity contribution in [2.75, 3.05) is 25.0 Å². The van der Waals surface area contributed by atoms with Gasteiger partial charge in [0.2, 0.25) is 5.91 Å². The number of carbonyl (C=O) groups is 3. The van der Waals surface area contributed by atoms with Gasteiger partial charge in [-0.15, -0.1) is 0 Å². The first-order valence-corrected chi connectivity index (χ1v) is 18.6. The highest BCUT2D eigenvalue weighted by Crippen LogP contribution is 2.30. The molecule has 270 valence electrons. The predicted octanol–water partition coefficient (Wildman–Crippen LogP) is 7.51. The van der Waals surface area contributed by atoms with Gasteiger partial charge in [0.05, 0.1) is 17.7 Å². The lowest BCUT2D eigenvalue weighted by Gasteiger charge is -2.37. The molecule has 0 bridgehead atoms. The van der Waals surface area contributed by atoms with E-state index in [0.29, 0.717) is 60.8 Å². The lowest BCUT2D eigenvalue weighted by molar-refractivity contribution is -0.115. The summed E-state index contributed by atoms with van der Waals surface area (Å²) in [7, 11) is 0. The molecule has 0 saturated carbocycles. The Bertz CT molecular complexity index is 2040. The smallest absolute Gasteiger partial charge is 0.274 e. The fourth-order valence-electron chi connectivity index (χ4n) is 7.09. The summed E-state index contributed by atoms with van der Waals surface area (Å²) in [6.07, 6.45) is 5.03. The number of unbranched alkanes of at least 4 members (excludes halogenated alkanes) is 2. The molecule has 5 aromatic rings. The monoisotopic (exact) mass is 699 g/mol. The maximum Gasteiger partial charge on any atom is 0.274 e. The molecule has 0 spiro atoms. The quantitative estimate of drug-likeness (QED) is 0.125. The summed E-state index contributed by atoms with van der Waals surface area (Å²) >= 11 is 0. The van der Waals surface area contributed by atoms with E-state index in [0.717, 1.165) is 47.6 Å². The zero-order valence-corrected chi connectivity index (χ0v) is 30.5. The number of aliphatic hydroxyl groups is 1. The van der Waals surface area contributed by atoms with Crippen LogP contribution in [0, 0.1) is 6.92 Å². The van der Waals surface area contributed by atoms with Gasteiger partial charge in [0, 0.05) is 43.7 Å². The van der Waals surface area contributed by atoms with Gasteiger partial charge in [-0.2, -0.15) is 5.10 Å². The molecule has 1 atom stereocenters. The van der Waals surface area contributed by atoms with Crippen LogP contribution in [-0.2, 0) is 24.2 Å². The van der Waals surface area contributed by atoms with Crippen molar-refractivity contribution in [1.82, 2.24) is 19.6 Å². The summed E-state index contributed by atoms with van der Waals surface area (Å²) in [5.41, 5.74) is 5.53. The van der Waals surface area contributed by atoms with Crippen molar-refractivity contribution in [2.24, 2.45) is 0 Å². The number of anilines is 1. The number of carbonyl (C=O) groups excluding carboxylic acids is 3. The topological polar surface area (TPSA) is 108 Å². The molecule has 1 aliphatic rings. The van der Waals surface area contributed by atoms with Gasteiger partial charge >= 0.3 is 0 Å². The molecule has 0 aliphatic carbocycles. The van der Waals surface area contributed by atoms with E-state index in [-0.39, 0.29) is 36.8 Å². The third kappa shape index (κ3) is 8.26. The van der Waals surface area contributed by atoms with Crippen molar-refractivity contribution in [3.63, 3.8) is 0 Å². The van der Waals surface area contributed by atoms with Crippen LogP contribution in [-0.4, -0.2) is 68.1 Å². The minimum absolute atomic E-state index is 0.0510. The van der Waals surface area contributed by atoms with Gasteiger partial charge in [-0.25, -0.2) is 4.68 Å². The van der Waals surface area contributed by atoms with Gasteiger partial charge in [0.25, 0.3) is 11.8 Å². The van der Waals surface area contributed by atoms with Crippen molar-refractivity contribution in [2.45, 2.75) is 78.3 Å². The lowest BCUT2D eigenvalue weighted by atomic mass is 9.91. The van der Waals surface area contributed by atoms with Gasteiger partial charge in [0.1, 0.15) is 0 Å². The van der Waals surface area contributed by atoms with Gasteiger partial charge < -0.3 is 20.2 Å². The van der Waals surface area contributed by atoms with Crippen molar-refractivity contribution >= 4 is 34.2 Å². The Morgan fingerprint density at radius 3 is 2.31 bits per heavy atom. The molecule has 0 fully saturated rings. The van der Waals surface area contributed by atoms with Crippen LogP contribution >= 0.6 is 0 Å². The molecule has 0 saturated heterocycles. The normalized spacial score (nSPS) is 13.9. The number of nitrogens with one attached hydrogen (secondary N) is 1. The molecule has 0 radical (unpaired) electrons. The molecule has 2 N–H and O–H groups in total. The summed E-state index contributed by atoms with van der Waals surface area (Å²) in [6, 6.07) is 29.0. The predicted molar refractivity (Wildman–Crippen MR) is 206 cm³/mol. The number of aliphatic hydroxyl groups excluding tert-OH is 1. The van der Waals surface area contributed by atoms with Crippen molar-refractivity contribution in [3.8, 4) is 5.69 Å². The van der Waals surface area contributed by atoms with Crippen LogP contribution in [0.3, 0.4) is 0 Å². The maximum atomic E-state index is 14.8. The molecular weight excluding hydrogens is 651 g/mol. The standard InChI is InChI=1S/C43H49N5O4/c1-4-6-21-46(22-7-5-2)43(52)39-24-30(3)48(45-39)40-19-18-36(44-41(50)26-31-16-17-32-12-8-9-13-33(32)25-31)28-38(40)42(51)47-29-35-15-11-10-14-34(35)27-37(47)20-23-49/h8-19,24-25,28,37,49H,4-7,20-23,26-27,29H2,1-3H3,(H,44,50). The Morgan fingerprint density at radius 2 is 1.58 bits per heavy atom. The average molecular weight is 700 g/mol. The molecule has 1 unspecified atom stereocenters. The summed E-state index contributed by atoms with van der Waals surface area (Å²) < 4.78 is 1.66. The van der Waals surface area contributed by atoms with Crippen molar-refractivity contribution in [1.29, 1.82) is 0 Å². The Balaban J connectivity index is 1.35. The first-order valence-electron chi connectivity index (χ1n) is 18.6. The molecule has 4 aromatic carbocycles. The molecular formula is C43H49N5O4. The number of amides is 3. The fraction of sp³-hybridized carbons (Fsp3) is 0.349. The highest BCUT2D eigenvalue weighted by Gasteiger charge is 2.32. The highest BCUT2D eigenvalue weighted by molar-refractivity contribution is 6.01. The second-order valence-electron chi connectivity index (χ2n) is 13.8. The number of benzene rings is 4. The summed E-state index contributed by atoms with van der Waals surface area (Å²) in [5.74, 6) is -0.553. The molecule has 52 heavy (non-hydrogen) atoms. The minimum Gasteiger partial charge on any atom is -0.396 e. The van der Waals surface area contributed by atoms with Crippen LogP contribution in [0.4, 0.5) is 5.69 Å². The van der Waals surface area contributed by atoms with Crippen LogP contribution < -0.4 is 5.32 Å². The summed E-state index contributed by atoms with van der Waals surface area (Å²) in [4.78, 5) is 45.6. The number of hydrogen-bond acceptors (Lipinski definition) is 5. The van der Waals surface area contributed by atoms with E-state index >= 15 is 0 Å². The van der Waals surface area contributed by atoms with E-state index in [1.165, 1.54) is 5.56 Å². The van der Waals surface area contributed by atoms with Gasteiger partial charge in [0.15, 0.2) is 5.69 Å². The van der Waals surface area contributed by atoms with E-state index in [9.17, 15) is 19.5 Å². The zero-order chi connectivity index (χ0) is 36.6. The molecule has 1 aliphatic heterocycles. The Hall–Kier alpha value is -5.28. The largest absolute Gasteiger partial charge is 0.396 e. The number of nitrogens with zero attached hydrogens (tertiary/aromatic N) is 4. The van der Waals surface area contributed by atoms with Gasteiger partial charge in [-0.3, -0.25) is 14.4 Å². The second kappa shape index (κ2) is 16.8. The number of aryl methyl sites for hydroxylation is 1.